The first kappa shape index (κ1) is 10.4. The third-order valence-corrected chi connectivity index (χ3v) is 4.93. The van der Waals surface area contributed by atoms with E-state index in [1.807, 2.05) is 0 Å². The van der Waals surface area contributed by atoms with Crippen LogP contribution >= 0.6 is 0 Å². The Hall–Kier alpha value is -0.790. The maximum Gasteiger partial charge on any atom is 0.243 e. The average Bonchev–Trinajstić information content (AvgIpc) is 2.12. The first-order valence-corrected chi connectivity index (χ1v) is 6.47. The molecule has 0 aromatic heterocycles. The topological polar surface area (TPSA) is 29.1 Å². The highest BCUT2D eigenvalue weighted by atomic mass is 16.1. The Kier molecular flexibility index (Phi) is 2.02. The van der Waals surface area contributed by atoms with Gasteiger partial charge in [-0.05, 0) is 61.9 Å². The lowest BCUT2D eigenvalue weighted by atomic mass is 9.47. The van der Waals surface area contributed by atoms with Gasteiger partial charge in [0.1, 0.15) is 0 Å². The zero-order valence-electron chi connectivity index (χ0n) is 10.1. The van der Waals surface area contributed by atoms with Crippen LogP contribution < -0.4 is 5.32 Å². The summed E-state index contributed by atoms with van der Waals surface area (Å²) in [5.74, 6) is 1.73. The number of carbonyl (C=O) groups is 1. The predicted molar refractivity (Wildman–Crippen MR) is 63.9 cm³/mol. The molecule has 0 heterocycles. The maximum absolute atomic E-state index is 11.6. The third kappa shape index (κ3) is 1.50. The molecule has 1 N–H and O–H groups in total. The van der Waals surface area contributed by atoms with Crippen molar-refractivity contribution < 1.29 is 4.79 Å². The van der Waals surface area contributed by atoms with Crippen molar-refractivity contribution in [3.8, 4) is 0 Å². The molecule has 0 saturated heterocycles. The lowest BCUT2D eigenvalue weighted by molar-refractivity contribution is -0.125. The number of hydrogen-bond acceptors (Lipinski definition) is 1. The lowest BCUT2D eigenvalue weighted by Crippen LogP contribution is -2.62. The quantitative estimate of drug-likeness (QED) is 0.711. The summed E-state index contributed by atoms with van der Waals surface area (Å²) in [4.78, 5) is 11.6. The van der Waals surface area contributed by atoms with Crippen LogP contribution in [0.1, 0.15) is 45.4 Å². The molecule has 2 unspecified atom stereocenters. The fourth-order valence-corrected chi connectivity index (χ4v) is 5.18. The van der Waals surface area contributed by atoms with Gasteiger partial charge in [0.05, 0.1) is 0 Å². The zero-order chi connectivity index (χ0) is 11.4. The Balaban J connectivity index is 1.86. The van der Waals surface area contributed by atoms with E-state index in [4.69, 9.17) is 0 Å². The fraction of sp³-hybridized carbons (Fsp3) is 0.786. The van der Waals surface area contributed by atoms with Crippen molar-refractivity contribution in [1.29, 1.82) is 0 Å². The highest BCUT2D eigenvalue weighted by Gasteiger charge is 2.56. The molecule has 2 nitrogen and oxygen atoms in total. The smallest absolute Gasteiger partial charge is 0.243 e. The summed E-state index contributed by atoms with van der Waals surface area (Å²) in [6.45, 7) is 5.98. The van der Waals surface area contributed by atoms with Crippen LogP contribution in [0.2, 0.25) is 0 Å². The Morgan fingerprint density at radius 3 is 2.44 bits per heavy atom. The lowest BCUT2D eigenvalue weighted by Gasteiger charge is -2.61. The molecule has 0 spiro atoms. The molecule has 16 heavy (non-hydrogen) atoms. The van der Waals surface area contributed by atoms with Crippen LogP contribution in [0.25, 0.3) is 0 Å². The molecule has 4 bridgehead atoms. The molecular weight excluding hydrogens is 198 g/mol. The molecule has 4 saturated carbocycles. The van der Waals surface area contributed by atoms with Gasteiger partial charge in [-0.1, -0.05) is 13.5 Å². The molecule has 0 radical (unpaired) electrons. The molecule has 88 valence electrons. The van der Waals surface area contributed by atoms with Gasteiger partial charge in [0.15, 0.2) is 0 Å². The molecule has 0 aliphatic heterocycles. The van der Waals surface area contributed by atoms with E-state index in [1.54, 1.807) is 0 Å². The number of rotatable bonds is 2. The summed E-state index contributed by atoms with van der Waals surface area (Å²) in [5, 5.41) is 3.24. The van der Waals surface area contributed by atoms with Crippen molar-refractivity contribution >= 4 is 5.91 Å². The summed E-state index contributed by atoms with van der Waals surface area (Å²) in [6, 6.07) is 0. The number of amides is 1. The summed E-state index contributed by atoms with van der Waals surface area (Å²) in [5.41, 5.74) is 0.614. The second-order valence-electron chi connectivity index (χ2n) is 6.75. The molecular formula is C14H21NO. The summed E-state index contributed by atoms with van der Waals surface area (Å²) >= 11 is 0. The maximum atomic E-state index is 11.6. The van der Waals surface area contributed by atoms with Gasteiger partial charge in [-0.3, -0.25) is 4.79 Å². The van der Waals surface area contributed by atoms with Crippen molar-refractivity contribution in [2.24, 2.45) is 17.3 Å². The van der Waals surface area contributed by atoms with Crippen LogP contribution in [0, 0.1) is 17.3 Å². The number of hydrogen-bond donors (Lipinski definition) is 1. The first-order chi connectivity index (χ1) is 7.53. The third-order valence-electron chi connectivity index (χ3n) is 4.93. The van der Waals surface area contributed by atoms with Crippen molar-refractivity contribution in [2.75, 3.05) is 0 Å². The van der Waals surface area contributed by atoms with Crippen LogP contribution in [0.5, 0.6) is 0 Å². The normalized spacial score (nSPS) is 49.1. The van der Waals surface area contributed by atoms with E-state index in [0.29, 0.717) is 5.41 Å². The minimum Gasteiger partial charge on any atom is -0.347 e. The van der Waals surface area contributed by atoms with E-state index >= 15 is 0 Å². The molecule has 4 fully saturated rings. The van der Waals surface area contributed by atoms with Crippen molar-refractivity contribution in [3.05, 3.63) is 12.7 Å². The van der Waals surface area contributed by atoms with E-state index < -0.39 is 0 Å². The van der Waals surface area contributed by atoms with Crippen molar-refractivity contribution in [1.82, 2.24) is 5.32 Å². The number of carbonyl (C=O) groups excluding carboxylic acids is 1. The molecule has 4 aliphatic carbocycles. The van der Waals surface area contributed by atoms with E-state index in [2.05, 4.69) is 18.8 Å². The SMILES string of the molecule is C=CC(=O)NC12CC3CC(CC(C)(C3)C1)C2. The monoisotopic (exact) mass is 219 g/mol. The van der Waals surface area contributed by atoms with Gasteiger partial charge in [-0.2, -0.15) is 0 Å². The Bertz CT molecular complexity index is 333. The Labute approximate surface area is 97.5 Å². The van der Waals surface area contributed by atoms with Gasteiger partial charge < -0.3 is 5.32 Å². The van der Waals surface area contributed by atoms with Gasteiger partial charge in [-0.25, -0.2) is 0 Å². The van der Waals surface area contributed by atoms with Gasteiger partial charge >= 0.3 is 0 Å². The zero-order valence-corrected chi connectivity index (χ0v) is 10.1. The van der Waals surface area contributed by atoms with E-state index in [1.165, 1.54) is 44.6 Å². The van der Waals surface area contributed by atoms with Crippen LogP contribution in [0.4, 0.5) is 0 Å². The largest absolute Gasteiger partial charge is 0.347 e. The van der Waals surface area contributed by atoms with E-state index in [0.717, 1.165) is 11.8 Å². The van der Waals surface area contributed by atoms with Gasteiger partial charge in [0.25, 0.3) is 0 Å². The minimum absolute atomic E-state index is 0.0190. The predicted octanol–water partition coefficient (Wildman–Crippen LogP) is 2.65. The summed E-state index contributed by atoms with van der Waals surface area (Å²) < 4.78 is 0. The van der Waals surface area contributed by atoms with E-state index in [9.17, 15) is 4.79 Å². The summed E-state index contributed by atoms with van der Waals surface area (Å²) in [7, 11) is 0. The van der Waals surface area contributed by atoms with Gasteiger partial charge in [-0.15, -0.1) is 0 Å². The second kappa shape index (κ2) is 3.12. The van der Waals surface area contributed by atoms with Crippen LogP contribution in [-0.2, 0) is 4.79 Å². The Morgan fingerprint density at radius 2 is 1.94 bits per heavy atom. The molecule has 1 amide bonds. The van der Waals surface area contributed by atoms with Crippen LogP contribution in [0.3, 0.4) is 0 Å². The molecule has 2 atom stereocenters. The molecule has 4 rings (SSSR count). The minimum atomic E-state index is 0.0190. The van der Waals surface area contributed by atoms with Crippen molar-refractivity contribution in [2.45, 2.75) is 51.0 Å². The highest BCUT2D eigenvalue weighted by Crippen LogP contribution is 2.61. The molecule has 0 aromatic carbocycles. The van der Waals surface area contributed by atoms with Crippen molar-refractivity contribution in [3.63, 3.8) is 0 Å². The highest BCUT2D eigenvalue weighted by molar-refractivity contribution is 5.87. The molecule has 2 heteroatoms. The molecule has 0 aromatic rings. The first-order valence-electron chi connectivity index (χ1n) is 6.47. The van der Waals surface area contributed by atoms with E-state index in [-0.39, 0.29) is 11.4 Å². The summed E-state index contributed by atoms with van der Waals surface area (Å²) in [6.07, 6.45) is 9.19. The average molecular weight is 219 g/mol. The fourth-order valence-electron chi connectivity index (χ4n) is 5.18. The van der Waals surface area contributed by atoms with Crippen LogP contribution in [-0.4, -0.2) is 11.4 Å². The second-order valence-corrected chi connectivity index (χ2v) is 6.75. The van der Waals surface area contributed by atoms with Gasteiger partial charge in [0, 0.05) is 5.54 Å². The number of nitrogens with one attached hydrogen (secondary N) is 1. The Morgan fingerprint density at radius 1 is 1.31 bits per heavy atom. The van der Waals surface area contributed by atoms with Gasteiger partial charge in [0.2, 0.25) is 5.91 Å². The van der Waals surface area contributed by atoms with Crippen LogP contribution in [0.15, 0.2) is 12.7 Å². The standard InChI is InChI=1S/C14H21NO/c1-3-12(16)15-14-7-10-4-11(8-14)6-13(2,5-10)9-14/h3,10-11H,1,4-9H2,2H3,(H,15,16). The molecule has 4 aliphatic rings.